The maximum Gasteiger partial charge on any atom is 0.0481 e. The van der Waals surface area contributed by atoms with Gasteiger partial charge in [0.1, 0.15) is 0 Å². The van der Waals surface area contributed by atoms with Crippen LogP contribution in [-0.2, 0) is 0 Å². The molecule has 1 fully saturated rings. The number of fused-ring (bicyclic) bond motifs is 1. The Labute approximate surface area is 101 Å². The summed E-state index contributed by atoms with van der Waals surface area (Å²) in [7, 11) is 0. The smallest absolute Gasteiger partial charge is 0.0481 e. The zero-order valence-electron chi connectivity index (χ0n) is 9.46. The molecule has 2 aliphatic heterocycles. The topological polar surface area (TPSA) is 24.1 Å². The van der Waals surface area contributed by atoms with Crippen molar-refractivity contribution in [2.75, 3.05) is 30.7 Å². The fourth-order valence-electron chi connectivity index (χ4n) is 2.55. The lowest BCUT2D eigenvalue weighted by Crippen LogP contribution is -2.28. The molecule has 0 aromatic heterocycles. The molecule has 3 rings (SSSR count). The van der Waals surface area contributed by atoms with E-state index >= 15 is 0 Å². The lowest BCUT2D eigenvalue weighted by molar-refractivity contribution is 0.461. The van der Waals surface area contributed by atoms with E-state index in [1.807, 2.05) is 11.8 Å². The van der Waals surface area contributed by atoms with Gasteiger partial charge in [-0.3, -0.25) is 0 Å². The van der Waals surface area contributed by atoms with Crippen molar-refractivity contribution >= 4 is 17.4 Å². The molecule has 1 unspecified atom stereocenters. The number of hydrogen-bond donors (Lipinski definition) is 2. The van der Waals surface area contributed by atoms with Crippen molar-refractivity contribution in [1.82, 2.24) is 5.32 Å². The van der Waals surface area contributed by atoms with Gasteiger partial charge < -0.3 is 10.6 Å². The quantitative estimate of drug-likeness (QED) is 0.781. The lowest BCUT2D eigenvalue weighted by Gasteiger charge is -2.25. The first-order valence-corrected chi connectivity index (χ1v) is 7.13. The predicted octanol–water partition coefficient (Wildman–Crippen LogP) is 2.67. The van der Waals surface area contributed by atoms with Gasteiger partial charge in [0.15, 0.2) is 0 Å². The Hall–Kier alpha value is -0.670. The minimum Gasteiger partial charge on any atom is -0.383 e. The van der Waals surface area contributed by atoms with Gasteiger partial charge in [-0.25, -0.2) is 0 Å². The molecular weight excluding hydrogens is 216 g/mol. The molecule has 2 heterocycles. The van der Waals surface area contributed by atoms with Crippen LogP contribution >= 0.6 is 11.8 Å². The maximum absolute atomic E-state index is 3.50. The molecule has 2 nitrogen and oxygen atoms in total. The second kappa shape index (κ2) is 4.68. The van der Waals surface area contributed by atoms with Crippen molar-refractivity contribution in [3.63, 3.8) is 0 Å². The number of thioether (sulfide) groups is 1. The summed E-state index contributed by atoms with van der Waals surface area (Å²) in [6.45, 7) is 3.44. The molecule has 1 saturated heterocycles. The van der Waals surface area contributed by atoms with E-state index in [2.05, 4.69) is 28.8 Å². The third-order valence-corrected chi connectivity index (χ3v) is 4.52. The van der Waals surface area contributed by atoms with Crippen molar-refractivity contribution in [1.29, 1.82) is 0 Å². The van der Waals surface area contributed by atoms with Gasteiger partial charge in [0, 0.05) is 29.4 Å². The normalized spacial score (nSPS) is 24.6. The van der Waals surface area contributed by atoms with Crippen LogP contribution < -0.4 is 10.6 Å². The third kappa shape index (κ3) is 2.06. The molecule has 0 radical (unpaired) electrons. The number of hydrogen-bond acceptors (Lipinski definition) is 3. The van der Waals surface area contributed by atoms with Gasteiger partial charge in [0.25, 0.3) is 0 Å². The minimum absolute atomic E-state index is 0.716. The standard InChI is InChI=1S/C13H18N2S/c1-2-11(9-14-5-1)10-3-4-13-12(8-10)15-6-7-16-13/h3-4,8,11,14-15H,1-2,5-7,9H2. The fourth-order valence-corrected chi connectivity index (χ4v) is 3.42. The highest BCUT2D eigenvalue weighted by atomic mass is 32.2. The molecule has 1 aromatic rings. The van der Waals surface area contributed by atoms with E-state index in [-0.39, 0.29) is 0 Å². The average molecular weight is 234 g/mol. The number of benzene rings is 1. The maximum atomic E-state index is 3.50. The second-order valence-corrected chi connectivity index (χ2v) is 5.71. The third-order valence-electron chi connectivity index (χ3n) is 3.45. The number of anilines is 1. The monoisotopic (exact) mass is 234 g/mol. The van der Waals surface area contributed by atoms with Crippen molar-refractivity contribution in [3.05, 3.63) is 23.8 Å². The summed E-state index contributed by atoms with van der Waals surface area (Å²) in [6.07, 6.45) is 2.64. The number of nitrogens with one attached hydrogen (secondary N) is 2. The first kappa shape index (κ1) is 10.5. The van der Waals surface area contributed by atoms with Crippen LogP contribution in [0.15, 0.2) is 23.1 Å². The van der Waals surface area contributed by atoms with E-state index in [9.17, 15) is 0 Å². The van der Waals surface area contributed by atoms with Crippen LogP contribution in [0, 0.1) is 0 Å². The van der Waals surface area contributed by atoms with Gasteiger partial charge in [-0.15, -0.1) is 11.8 Å². The van der Waals surface area contributed by atoms with Gasteiger partial charge in [-0.05, 0) is 43.0 Å². The molecule has 0 bridgehead atoms. The van der Waals surface area contributed by atoms with Crippen molar-refractivity contribution in [3.8, 4) is 0 Å². The molecule has 16 heavy (non-hydrogen) atoms. The van der Waals surface area contributed by atoms with Crippen LogP contribution in [-0.4, -0.2) is 25.4 Å². The van der Waals surface area contributed by atoms with Crippen LogP contribution in [0.25, 0.3) is 0 Å². The lowest BCUT2D eigenvalue weighted by atomic mass is 9.91. The molecule has 0 amide bonds. The Bertz CT molecular complexity index is 372. The van der Waals surface area contributed by atoms with E-state index in [0.717, 1.165) is 13.1 Å². The predicted molar refractivity (Wildman–Crippen MR) is 70.5 cm³/mol. The second-order valence-electron chi connectivity index (χ2n) is 4.57. The molecule has 2 N–H and O–H groups in total. The van der Waals surface area contributed by atoms with Gasteiger partial charge in [-0.2, -0.15) is 0 Å². The van der Waals surface area contributed by atoms with E-state index < -0.39 is 0 Å². The molecule has 0 saturated carbocycles. The summed E-state index contributed by atoms with van der Waals surface area (Å²) in [5.74, 6) is 1.91. The SMILES string of the molecule is c1cc2c(cc1C1CCCNC1)NCCS2. The Kier molecular flexibility index (Phi) is 3.06. The number of rotatable bonds is 1. The first-order valence-electron chi connectivity index (χ1n) is 6.15. The van der Waals surface area contributed by atoms with E-state index in [1.165, 1.54) is 41.3 Å². The van der Waals surface area contributed by atoms with Crippen LogP contribution in [0.4, 0.5) is 5.69 Å². The minimum atomic E-state index is 0.716. The summed E-state index contributed by atoms with van der Waals surface area (Å²) < 4.78 is 0. The van der Waals surface area contributed by atoms with Gasteiger partial charge >= 0.3 is 0 Å². The van der Waals surface area contributed by atoms with E-state index in [0.29, 0.717) is 5.92 Å². The summed E-state index contributed by atoms with van der Waals surface area (Å²) in [5, 5.41) is 6.99. The molecule has 86 valence electrons. The van der Waals surface area contributed by atoms with Crippen LogP contribution in [0.5, 0.6) is 0 Å². The number of piperidine rings is 1. The summed E-state index contributed by atoms with van der Waals surface area (Å²) >= 11 is 1.97. The fraction of sp³-hybridized carbons (Fsp3) is 0.538. The highest BCUT2D eigenvalue weighted by molar-refractivity contribution is 7.99. The van der Waals surface area contributed by atoms with Crippen molar-refractivity contribution in [2.24, 2.45) is 0 Å². The van der Waals surface area contributed by atoms with E-state index in [4.69, 9.17) is 0 Å². The van der Waals surface area contributed by atoms with E-state index in [1.54, 1.807) is 0 Å². The average Bonchev–Trinajstić information content (AvgIpc) is 2.39. The Balaban J connectivity index is 1.84. The molecule has 2 aliphatic rings. The Morgan fingerprint density at radius 2 is 2.25 bits per heavy atom. The van der Waals surface area contributed by atoms with Gasteiger partial charge in [0.2, 0.25) is 0 Å². The first-order chi connectivity index (χ1) is 7.93. The van der Waals surface area contributed by atoms with Crippen LogP contribution in [0.1, 0.15) is 24.3 Å². The molecule has 0 aliphatic carbocycles. The van der Waals surface area contributed by atoms with Gasteiger partial charge in [0.05, 0.1) is 0 Å². The summed E-state index contributed by atoms with van der Waals surface area (Å²) in [4.78, 5) is 1.42. The molecule has 1 atom stereocenters. The van der Waals surface area contributed by atoms with Crippen LogP contribution in [0.2, 0.25) is 0 Å². The Morgan fingerprint density at radius 3 is 3.12 bits per heavy atom. The largest absolute Gasteiger partial charge is 0.383 e. The zero-order chi connectivity index (χ0) is 10.8. The highest BCUT2D eigenvalue weighted by Crippen LogP contribution is 2.34. The zero-order valence-corrected chi connectivity index (χ0v) is 10.3. The Morgan fingerprint density at radius 1 is 1.25 bits per heavy atom. The van der Waals surface area contributed by atoms with Gasteiger partial charge in [-0.1, -0.05) is 6.07 Å². The van der Waals surface area contributed by atoms with Crippen molar-refractivity contribution in [2.45, 2.75) is 23.7 Å². The molecule has 1 aromatic carbocycles. The summed E-state index contributed by atoms with van der Waals surface area (Å²) in [5.41, 5.74) is 2.85. The highest BCUT2D eigenvalue weighted by Gasteiger charge is 2.17. The van der Waals surface area contributed by atoms with Crippen LogP contribution in [0.3, 0.4) is 0 Å². The summed E-state index contributed by atoms with van der Waals surface area (Å²) in [6, 6.07) is 6.96. The molecular formula is C13H18N2S. The van der Waals surface area contributed by atoms with Crippen molar-refractivity contribution < 1.29 is 0 Å². The molecule has 0 spiro atoms. The molecule has 3 heteroatoms.